The van der Waals surface area contributed by atoms with E-state index in [1.165, 1.54) is 14.0 Å². The molecule has 2 aromatic carbocycles. The van der Waals surface area contributed by atoms with E-state index in [0.717, 1.165) is 12.1 Å². The number of carbonyl (C=O) groups is 2. The molecule has 2 aliphatic rings. The number of aromatic hydroxyl groups is 3. The molecule has 1 fully saturated rings. The Morgan fingerprint density at radius 3 is 2.18 bits per heavy atom. The first kappa shape index (κ1) is 23.7. The molecule has 1 aliphatic carbocycles. The van der Waals surface area contributed by atoms with Crippen molar-refractivity contribution in [2.45, 2.75) is 37.6 Å². The van der Waals surface area contributed by atoms with E-state index in [1.807, 2.05) is 0 Å². The molecule has 0 unspecified atom stereocenters. The number of hydrogen-bond acceptors (Lipinski definition) is 12. The van der Waals surface area contributed by atoms with E-state index in [1.54, 1.807) is 0 Å². The van der Waals surface area contributed by atoms with Gasteiger partial charge in [0.05, 0.1) is 30.4 Å². The van der Waals surface area contributed by atoms with Crippen LogP contribution >= 0.6 is 0 Å². The molecule has 12 heteroatoms. The third-order valence-electron chi connectivity index (χ3n) is 5.99. The normalized spacial score (nSPS) is 26.1. The predicted molar refractivity (Wildman–Crippen MR) is 110 cm³/mol. The molecule has 7 N–H and O–H groups in total. The molecule has 0 saturated carbocycles. The monoisotopic (exact) mass is 478 g/mol. The Labute approximate surface area is 191 Å². The summed E-state index contributed by atoms with van der Waals surface area (Å²) in [5.41, 5.74) is -1.89. The zero-order valence-corrected chi connectivity index (χ0v) is 17.9. The lowest BCUT2D eigenvalue weighted by Gasteiger charge is -2.40. The van der Waals surface area contributed by atoms with Crippen LogP contribution in [0.1, 0.15) is 37.4 Å². The summed E-state index contributed by atoms with van der Waals surface area (Å²) in [6.07, 6.45) is -8.30. The standard InChI is InChI=1S/C22H22O12/c1-6-8(24)3-7-12(15(6)25)19(29)13-9(4-10(32-2)17(27)14(13)16(7)26)33-22-21(31)20(30)18(28)11(5-23)34-22/h3-4,11,18,20-25,27-28,30-31H,5H2,1-2H3/t11-,18-,20-,21-,22-/m0/s1. The van der Waals surface area contributed by atoms with Crippen LogP contribution < -0.4 is 9.47 Å². The Bertz CT molecular complexity index is 1190. The highest BCUT2D eigenvalue weighted by molar-refractivity contribution is 6.31. The van der Waals surface area contributed by atoms with E-state index < -0.39 is 88.6 Å². The lowest BCUT2D eigenvalue weighted by atomic mass is 9.81. The quantitative estimate of drug-likeness (QED) is 0.243. The second kappa shape index (κ2) is 8.42. The van der Waals surface area contributed by atoms with E-state index in [9.17, 15) is 45.3 Å². The lowest BCUT2D eigenvalue weighted by molar-refractivity contribution is -0.277. The number of aliphatic hydroxyl groups excluding tert-OH is 4. The molecular weight excluding hydrogens is 456 g/mol. The van der Waals surface area contributed by atoms with Gasteiger partial charge in [0.2, 0.25) is 12.1 Å². The van der Waals surface area contributed by atoms with Crippen molar-refractivity contribution in [3.63, 3.8) is 0 Å². The van der Waals surface area contributed by atoms with Crippen molar-refractivity contribution in [3.8, 4) is 28.7 Å². The number of phenols is 3. The summed E-state index contributed by atoms with van der Waals surface area (Å²) in [5.74, 6) is -4.36. The first-order chi connectivity index (χ1) is 16.0. The van der Waals surface area contributed by atoms with Gasteiger partial charge < -0.3 is 50.0 Å². The van der Waals surface area contributed by atoms with Crippen LogP contribution in [-0.4, -0.2) is 91.7 Å². The number of benzene rings is 2. The molecule has 34 heavy (non-hydrogen) atoms. The average Bonchev–Trinajstić information content (AvgIpc) is 2.81. The summed E-state index contributed by atoms with van der Waals surface area (Å²) in [7, 11) is 1.17. The Balaban J connectivity index is 1.89. The molecule has 182 valence electrons. The van der Waals surface area contributed by atoms with Gasteiger partial charge in [0.15, 0.2) is 17.3 Å². The van der Waals surface area contributed by atoms with Gasteiger partial charge in [0, 0.05) is 17.2 Å². The van der Waals surface area contributed by atoms with Gasteiger partial charge in [-0.25, -0.2) is 0 Å². The second-order valence-corrected chi connectivity index (χ2v) is 7.94. The van der Waals surface area contributed by atoms with Crippen molar-refractivity contribution in [2.75, 3.05) is 13.7 Å². The van der Waals surface area contributed by atoms with Gasteiger partial charge in [0.25, 0.3) is 0 Å². The molecule has 0 spiro atoms. The molecule has 0 bridgehead atoms. The summed E-state index contributed by atoms with van der Waals surface area (Å²) in [6, 6.07) is 2.03. The molecule has 5 atom stereocenters. The summed E-state index contributed by atoms with van der Waals surface area (Å²) in [5, 5.41) is 70.8. The maximum Gasteiger partial charge on any atom is 0.229 e. The molecule has 2 aromatic rings. The van der Waals surface area contributed by atoms with E-state index in [-0.39, 0.29) is 16.9 Å². The number of methoxy groups -OCH3 is 1. The largest absolute Gasteiger partial charge is 0.508 e. The van der Waals surface area contributed by atoms with Gasteiger partial charge in [-0.2, -0.15) is 0 Å². The highest BCUT2D eigenvalue weighted by Gasteiger charge is 2.46. The second-order valence-electron chi connectivity index (χ2n) is 7.94. The van der Waals surface area contributed by atoms with Crippen LogP contribution in [0, 0.1) is 6.92 Å². The number of ether oxygens (including phenoxy) is 3. The molecular formula is C22H22O12. The fourth-order valence-corrected chi connectivity index (χ4v) is 4.03. The molecule has 0 aromatic heterocycles. The van der Waals surface area contributed by atoms with Crippen molar-refractivity contribution in [2.24, 2.45) is 0 Å². The van der Waals surface area contributed by atoms with E-state index >= 15 is 0 Å². The number of ketones is 2. The van der Waals surface area contributed by atoms with Crippen molar-refractivity contribution < 1.29 is 59.5 Å². The van der Waals surface area contributed by atoms with Crippen molar-refractivity contribution in [1.29, 1.82) is 0 Å². The molecule has 4 rings (SSSR count). The predicted octanol–water partition coefficient (Wildman–Crippen LogP) is -0.925. The third-order valence-corrected chi connectivity index (χ3v) is 5.99. The molecule has 12 nitrogen and oxygen atoms in total. The molecule has 0 amide bonds. The van der Waals surface area contributed by atoms with Gasteiger partial charge in [-0.3, -0.25) is 9.59 Å². The van der Waals surface area contributed by atoms with Crippen molar-refractivity contribution >= 4 is 11.6 Å². The van der Waals surface area contributed by atoms with Gasteiger partial charge in [-0.05, 0) is 13.0 Å². The maximum absolute atomic E-state index is 13.4. The number of hydrogen-bond donors (Lipinski definition) is 7. The topological polar surface area (TPSA) is 203 Å². The summed E-state index contributed by atoms with van der Waals surface area (Å²) in [6.45, 7) is 0.596. The maximum atomic E-state index is 13.4. The van der Waals surface area contributed by atoms with Crippen molar-refractivity contribution in [3.05, 3.63) is 39.9 Å². The number of rotatable bonds is 4. The van der Waals surface area contributed by atoms with Crippen LogP contribution in [0.2, 0.25) is 0 Å². The smallest absolute Gasteiger partial charge is 0.229 e. The Hall–Kier alpha value is -3.42. The van der Waals surface area contributed by atoms with E-state index in [0.29, 0.717) is 0 Å². The summed E-state index contributed by atoms with van der Waals surface area (Å²) >= 11 is 0. The number of phenolic OH excluding ortho intramolecular Hbond substituents is 3. The zero-order valence-electron chi connectivity index (χ0n) is 17.9. The number of carbonyl (C=O) groups excluding carboxylic acids is 2. The summed E-state index contributed by atoms with van der Waals surface area (Å²) in [4.78, 5) is 26.6. The molecule has 1 heterocycles. The van der Waals surface area contributed by atoms with Crippen LogP contribution in [-0.2, 0) is 4.74 Å². The first-order valence-corrected chi connectivity index (χ1v) is 10.1. The SMILES string of the molecule is COc1cc(O[C@H]2O[C@@H](CO)[C@H](O)[C@H](O)[C@@H]2O)c2c(c1O)C(=O)c1cc(O)c(C)c(O)c1C2=O. The first-order valence-electron chi connectivity index (χ1n) is 10.1. The minimum Gasteiger partial charge on any atom is -0.508 e. The van der Waals surface area contributed by atoms with E-state index in [4.69, 9.17) is 14.2 Å². The van der Waals surface area contributed by atoms with Gasteiger partial charge in [-0.1, -0.05) is 0 Å². The molecule has 1 aliphatic heterocycles. The van der Waals surface area contributed by atoms with Crippen LogP contribution in [0.15, 0.2) is 12.1 Å². The Kier molecular flexibility index (Phi) is 5.87. The van der Waals surface area contributed by atoms with Crippen LogP contribution in [0.5, 0.6) is 28.7 Å². The average molecular weight is 478 g/mol. The van der Waals surface area contributed by atoms with Crippen molar-refractivity contribution in [1.82, 2.24) is 0 Å². The highest BCUT2D eigenvalue weighted by Crippen LogP contribution is 2.47. The van der Waals surface area contributed by atoms with Gasteiger partial charge in [0.1, 0.15) is 41.7 Å². The third kappa shape index (κ3) is 3.35. The minimum absolute atomic E-state index is 0.0579. The van der Waals surface area contributed by atoms with Gasteiger partial charge in [-0.15, -0.1) is 0 Å². The highest BCUT2D eigenvalue weighted by atomic mass is 16.7. The number of aliphatic hydroxyl groups is 4. The van der Waals surface area contributed by atoms with Crippen LogP contribution in [0.4, 0.5) is 0 Å². The Morgan fingerprint density at radius 2 is 1.56 bits per heavy atom. The van der Waals surface area contributed by atoms with Crippen LogP contribution in [0.3, 0.4) is 0 Å². The lowest BCUT2D eigenvalue weighted by Crippen LogP contribution is -2.60. The summed E-state index contributed by atoms with van der Waals surface area (Å²) < 4.78 is 16.0. The number of fused-ring (bicyclic) bond motifs is 2. The Morgan fingerprint density at radius 1 is 0.882 bits per heavy atom. The fraction of sp³-hybridized carbons (Fsp3) is 0.364. The molecule has 0 radical (unpaired) electrons. The molecule has 1 saturated heterocycles. The van der Waals surface area contributed by atoms with Crippen LogP contribution in [0.25, 0.3) is 0 Å². The van der Waals surface area contributed by atoms with Gasteiger partial charge >= 0.3 is 0 Å². The minimum atomic E-state index is -1.83. The zero-order chi connectivity index (χ0) is 25.1. The fourth-order valence-electron chi connectivity index (χ4n) is 4.03. The van der Waals surface area contributed by atoms with E-state index in [2.05, 4.69) is 0 Å².